The summed E-state index contributed by atoms with van der Waals surface area (Å²) in [6, 6.07) is 12.8. The van der Waals surface area contributed by atoms with Gasteiger partial charge in [0.15, 0.2) is 0 Å². The number of nitrogens with one attached hydrogen (secondary N) is 2. The molecule has 0 spiro atoms. The summed E-state index contributed by atoms with van der Waals surface area (Å²) in [4.78, 5) is 30.9. The summed E-state index contributed by atoms with van der Waals surface area (Å²) in [5, 5.41) is 16.1. The number of carbonyl (C=O) groups is 2. The first-order valence-corrected chi connectivity index (χ1v) is 11.1. The van der Waals surface area contributed by atoms with Crippen LogP contribution in [0.15, 0.2) is 42.5 Å². The van der Waals surface area contributed by atoms with Crippen LogP contribution in [-0.4, -0.2) is 52.5 Å². The van der Waals surface area contributed by atoms with Crippen molar-refractivity contribution in [2.24, 2.45) is 0 Å². The van der Waals surface area contributed by atoms with Gasteiger partial charge < -0.3 is 15.7 Å². The van der Waals surface area contributed by atoms with Gasteiger partial charge in [0.05, 0.1) is 0 Å². The van der Waals surface area contributed by atoms with Crippen LogP contribution in [-0.2, 0) is 22.4 Å². The van der Waals surface area contributed by atoms with Crippen molar-refractivity contribution in [1.82, 2.24) is 15.2 Å². The molecule has 7 heteroatoms. The summed E-state index contributed by atoms with van der Waals surface area (Å²) in [6.07, 6.45) is 4.95. The third-order valence-corrected chi connectivity index (χ3v) is 6.09. The van der Waals surface area contributed by atoms with Crippen LogP contribution in [0.1, 0.15) is 48.5 Å². The summed E-state index contributed by atoms with van der Waals surface area (Å²) in [5.41, 5.74) is 3.06. The van der Waals surface area contributed by atoms with E-state index in [0.29, 0.717) is 19.5 Å². The van der Waals surface area contributed by atoms with Gasteiger partial charge in [-0.3, -0.25) is 14.5 Å². The second kappa shape index (κ2) is 9.92. The van der Waals surface area contributed by atoms with E-state index in [1.807, 2.05) is 35.2 Å². The first kappa shape index (κ1) is 21.3. The predicted molar refractivity (Wildman–Crippen MR) is 119 cm³/mol. The summed E-state index contributed by atoms with van der Waals surface area (Å²) in [5.74, 6) is 0.158. The summed E-state index contributed by atoms with van der Waals surface area (Å²) < 4.78 is 0. The van der Waals surface area contributed by atoms with E-state index in [0.717, 1.165) is 55.7 Å². The lowest BCUT2D eigenvalue weighted by atomic mass is 10.1. The van der Waals surface area contributed by atoms with E-state index >= 15 is 0 Å². The summed E-state index contributed by atoms with van der Waals surface area (Å²) in [6.45, 7) is 2.18. The number of amides is 1. The summed E-state index contributed by atoms with van der Waals surface area (Å²) >= 11 is 0. The van der Waals surface area contributed by atoms with Crippen molar-refractivity contribution in [2.45, 2.75) is 50.6 Å². The number of aromatic nitrogens is 1. The molecule has 1 fully saturated rings. The highest BCUT2D eigenvalue weighted by molar-refractivity contribution is 5.77. The largest absolute Gasteiger partial charge is 0.480 e. The molecule has 1 aromatic heterocycles. The van der Waals surface area contributed by atoms with E-state index in [4.69, 9.17) is 0 Å². The number of likely N-dealkylation sites (tertiary alicyclic amines) is 1. The Hall–Kier alpha value is -2.93. The Kier molecular flexibility index (Phi) is 6.82. The Morgan fingerprint density at radius 3 is 2.87 bits per heavy atom. The number of pyridine rings is 1. The topological polar surface area (TPSA) is 94.6 Å². The van der Waals surface area contributed by atoms with Gasteiger partial charge in [0.2, 0.25) is 5.91 Å². The molecule has 3 heterocycles. The van der Waals surface area contributed by atoms with E-state index < -0.39 is 12.0 Å². The molecule has 2 aliphatic heterocycles. The van der Waals surface area contributed by atoms with Crippen molar-refractivity contribution in [2.75, 3.05) is 25.0 Å². The number of anilines is 1. The predicted octanol–water partition coefficient (Wildman–Crippen LogP) is 2.78. The third kappa shape index (κ3) is 5.41. The number of rotatable bonds is 8. The minimum absolute atomic E-state index is 0.0101. The number of carbonyl (C=O) groups excluding carboxylic acids is 1. The number of carboxylic acid groups (broad SMARTS) is 1. The van der Waals surface area contributed by atoms with Gasteiger partial charge in [-0.25, -0.2) is 4.98 Å². The molecule has 164 valence electrons. The van der Waals surface area contributed by atoms with Gasteiger partial charge >= 0.3 is 5.97 Å². The Balaban J connectivity index is 1.24. The fourth-order valence-corrected chi connectivity index (χ4v) is 4.52. The quantitative estimate of drug-likeness (QED) is 0.606. The van der Waals surface area contributed by atoms with E-state index in [-0.39, 0.29) is 11.9 Å². The SMILES string of the molecule is O=C(CCCc1ccc2c(n1)NCCC2)N[C@@H]1CCN([C@H](C(=O)O)c2ccccc2)C1. The first-order chi connectivity index (χ1) is 15.1. The minimum atomic E-state index is -0.856. The standard InChI is InChI=1S/C24H30N4O3/c29-21(10-4-9-19-12-11-18-8-5-14-25-23(18)27-19)26-20-13-15-28(16-20)22(24(30)31)17-6-2-1-3-7-17/h1-3,6-7,11-12,20,22H,4-5,8-10,13-16H2,(H,25,27)(H,26,29)(H,30,31)/t20-,22+/m1/s1. The van der Waals surface area contributed by atoms with Crippen LogP contribution in [0, 0.1) is 0 Å². The van der Waals surface area contributed by atoms with Crippen molar-refractivity contribution in [3.05, 3.63) is 59.3 Å². The average molecular weight is 423 g/mol. The lowest BCUT2D eigenvalue weighted by Crippen LogP contribution is -2.39. The van der Waals surface area contributed by atoms with Crippen LogP contribution >= 0.6 is 0 Å². The lowest BCUT2D eigenvalue weighted by molar-refractivity contribution is -0.143. The number of hydrogen-bond donors (Lipinski definition) is 3. The third-order valence-electron chi connectivity index (χ3n) is 6.09. The molecule has 7 nitrogen and oxygen atoms in total. The lowest BCUT2D eigenvalue weighted by Gasteiger charge is -2.24. The second-order valence-electron chi connectivity index (χ2n) is 8.39. The van der Waals surface area contributed by atoms with Crippen molar-refractivity contribution in [1.29, 1.82) is 0 Å². The number of nitrogens with zero attached hydrogens (tertiary/aromatic N) is 2. The number of fused-ring (bicyclic) bond motifs is 1. The van der Waals surface area contributed by atoms with Crippen LogP contribution in [0.2, 0.25) is 0 Å². The highest BCUT2D eigenvalue weighted by Crippen LogP contribution is 2.25. The normalized spacial score (nSPS) is 19.3. The Morgan fingerprint density at radius 2 is 2.06 bits per heavy atom. The zero-order valence-corrected chi connectivity index (χ0v) is 17.7. The molecule has 3 N–H and O–H groups in total. The zero-order chi connectivity index (χ0) is 21.6. The molecule has 2 aliphatic rings. The maximum absolute atomic E-state index is 12.4. The molecule has 31 heavy (non-hydrogen) atoms. The molecule has 0 bridgehead atoms. The number of carboxylic acids is 1. The fourth-order valence-electron chi connectivity index (χ4n) is 4.52. The molecule has 0 unspecified atom stereocenters. The average Bonchev–Trinajstić information content (AvgIpc) is 3.22. The van der Waals surface area contributed by atoms with Crippen LogP contribution in [0.3, 0.4) is 0 Å². The molecule has 0 radical (unpaired) electrons. The fraction of sp³-hybridized carbons (Fsp3) is 0.458. The molecular formula is C24H30N4O3. The minimum Gasteiger partial charge on any atom is -0.480 e. The van der Waals surface area contributed by atoms with Crippen LogP contribution in [0.25, 0.3) is 0 Å². The molecule has 1 amide bonds. The van der Waals surface area contributed by atoms with Crippen molar-refractivity contribution >= 4 is 17.7 Å². The highest BCUT2D eigenvalue weighted by atomic mass is 16.4. The molecule has 4 rings (SSSR count). The van der Waals surface area contributed by atoms with Crippen molar-refractivity contribution in [3.8, 4) is 0 Å². The molecule has 2 atom stereocenters. The van der Waals surface area contributed by atoms with Gasteiger partial charge in [0, 0.05) is 37.8 Å². The molecular weight excluding hydrogens is 392 g/mol. The molecule has 2 aromatic rings. The molecule has 0 aliphatic carbocycles. The maximum Gasteiger partial charge on any atom is 0.325 e. The van der Waals surface area contributed by atoms with E-state index in [1.54, 1.807) is 0 Å². The van der Waals surface area contributed by atoms with E-state index in [2.05, 4.69) is 27.8 Å². The first-order valence-electron chi connectivity index (χ1n) is 11.1. The molecule has 0 saturated carbocycles. The highest BCUT2D eigenvalue weighted by Gasteiger charge is 2.33. The smallest absolute Gasteiger partial charge is 0.325 e. The number of benzene rings is 1. The van der Waals surface area contributed by atoms with Crippen LogP contribution < -0.4 is 10.6 Å². The zero-order valence-electron chi connectivity index (χ0n) is 17.7. The second-order valence-corrected chi connectivity index (χ2v) is 8.39. The Morgan fingerprint density at radius 1 is 1.23 bits per heavy atom. The van der Waals surface area contributed by atoms with Crippen LogP contribution in [0.4, 0.5) is 5.82 Å². The molecule has 1 aromatic carbocycles. The van der Waals surface area contributed by atoms with E-state index in [9.17, 15) is 14.7 Å². The summed E-state index contributed by atoms with van der Waals surface area (Å²) in [7, 11) is 0. The Bertz CT molecular complexity index is 918. The van der Waals surface area contributed by atoms with Gasteiger partial charge in [-0.05, 0) is 49.3 Å². The number of aliphatic carboxylic acids is 1. The van der Waals surface area contributed by atoms with Gasteiger partial charge in [-0.15, -0.1) is 0 Å². The van der Waals surface area contributed by atoms with Crippen LogP contribution in [0.5, 0.6) is 0 Å². The van der Waals surface area contributed by atoms with Gasteiger partial charge in [-0.1, -0.05) is 36.4 Å². The van der Waals surface area contributed by atoms with Gasteiger partial charge in [0.1, 0.15) is 11.9 Å². The van der Waals surface area contributed by atoms with Crippen molar-refractivity contribution < 1.29 is 14.7 Å². The molecule has 1 saturated heterocycles. The monoisotopic (exact) mass is 422 g/mol. The number of hydrogen-bond acceptors (Lipinski definition) is 5. The van der Waals surface area contributed by atoms with Gasteiger partial charge in [0.25, 0.3) is 0 Å². The van der Waals surface area contributed by atoms with Gasteiger partial charge in [-0.2, -0.15) is 0 Å². The van der Waals surface area contributed by atoms with Crippen molar-refractivity contribution in [3.63, 3.8) is 0 Å². The van der Waals surface area contributed by atoms with E-state index in [1.165, 1.54) is 5.56 Å². The number of aryl methyl sites for hydroxylation is 2. The maximum atomic E-state index is 12.4. The Labute approximate surface area is 182 Å².